The Labute approximate surface area is 109 Å². The van der Waals surface area contributed by atoms with Crippen molar-refractivity contribution in [3.8, 4) is 0 Å². The molecule has 19 heavy (non-hydrogen) atoms. The number of hydrogen-bond donors (Lipinski definition) is 1. The topological polar surface area (TPSA) is 52.9 Å². The minimum atomic E-state index is -4.60. The van der Waals surface area contributed by atoms with Crippen LogP contribution in [0.4, 0.5) is 13.2 Å². The highest BCUT2D eigenvalue weighted by atomic mass is 19.4. The maximum atomic E-state index is 12.7. The number of amides is 1. The van der Waals surface area contributed by atoms with Crippen molar-refractivity contribution < 1.29 is 23.1 Å². The van der Waals surface area contributed by atoms with Crippen molar-refractivity contribution in [2.75, 3.05) is 0 Å². The van der Waals surface area contributed by atoms with Crippen molar-refractivity contribution in [3.05, 3.63) is 0 Å². The molecule has 0 aromatic rings. The normalized spacial score (nSPS) is 33.3. The Morgan fingerprint density at radius 2 is 1.89 bits per heavy atom. The van der Waals surface area contributed by atoms with Crippen LogP contribution in [0.5, 0.6) is 0 Å². The predicted octanol–water partition coefficient (Wildman–Crippen LogP) is 2.08. The highest BCUT2D eigenvalue weighted by Crippen LogP contribution is 2.32. The number of alkyl halides is 3. The molecule has 0 aromatic heterocycles. The van der Waals surface area contributed by atoms with Gasteiger partial charge in [0.05, 0.1) is 18.1 Å². The van der Waals surface area contributed by atoms with E-state index in [-0.39, 0.29) is 0 Å². The summed E-state index contributed by atoms with van der Waals surface area (Å²) in [6, 6.07) is -0.627. The quantitative estimate of drug-likeness (QED) is 0.747. The molecule has 1 N–H and O–H groups in total. The summed E-state index contributed by atoms with van der Waals surface area (Å²) >= 11 is 0. The first-order chi connectivity index (χ1) is 8.82. The maximum Gasteiger partial charge on any atom is 0.431 e. The van der Waals surface area contributed by atoms with Crippen LogP contribution >= 0.6 is 0 Å². The summed E-state index contributed by atoms with van der Waals surface area (Å²) in [6.07, 6.45) is -1.87. The zero-order valence-corrected chi connectivity index (χ0v) is 10.7. The Hall–Kier alpha value is -1.11. The van der Waals surface area contributed by atoms with Gasteiger partial charge < -0.3 is 5.11 Å². The molecule has 0 aromatic carbocycles. The highest BCUT2D eigenvalue weighted by Gasteiger charge is 2.49. The number of nitrogens with zero attached hydrogens (tertiary/aromatic N) is 2. The first-order valence-electron chi connectivity index (χ1n) is 6.49. The lowest BCUT2D eigenvalue weighted by Crippen LogP contribution is -2.42. The number of rotatable bonds is 1. The second-order valence-electron chi connectivity index (χ2n) is 5.16. The average molecular weight is 278 g/mol. The van der Waals surface area contributed by atoms with Crippen LogP contribution in [-0.4, -0.2) is 40.1 Å². The van der Waals surface area contributed by atoms with Crippen LogP contribution < -0.4 is 0 Å². The number of aliphatic hydroxyl groups is 1. The van der Waals surface area contributed by atoms with E-state index in [0.29, 0.717) is 12.8 Å². The summed E-state index contributed by atoms with van der Waals surface area (Å²) in [5, 5.41) is 14.3. The third-order valence-corrected chi connectivity index (χ3v) is 3.77. The van der Waals surface area contributed by atoms with Gasteiger partial charge in [-0.15, -0.1) is 0 Å². The van der Waals surface area contributed by atoms with E-state index in [9.17, 15) is 23.1 Å². The van der Waals surface area contributed by atoms with Crippen molar-refractivity contribution >= 4 is 11.6 Å². The molecular formula is C12H17F3N2O2. The van der Waals surface area contributed by atoms with E-state index in [0.717, 1.165) is 24.3 Å². The summed E-state index contributed by atoms with van der Waals surface area (Å²) in [5.41, 5.74) is -1.06. The molecule has 2 aliphatic rings. The Morgan fingerprint density at radius 1 is 1.26 bits per heavy atom. The average Bonchev–Trinajstić information content (AvgIpc) is 2.50. The molecule has 0 bridgehead atoms. The molecule has 0 saturated heterocycles. The molecule has 108 valence electrons. The highest BCUT2D eigenvalue weighted by molar-refractivity contribution is 6.10. The van der Waals surface area contributed by atoms with Gasteiger partial charge in [-0.2, -0.15) is 18.3 Å². The molecule has 3 atom stereocenters. The third kappa shape index (κ3) is 2.75. The Kier molecular flexibility index (Phi) is 3.85. The Bertz CT molecular complexity index is 395. The van der Waals surface area contributed by atoms with Crippen LogP contribution in [0.3, 0.4) is 0 Å². The number of aliphatic hydroxyl groups excluding tert-OH is 1. The number of carbonyl (C=O) groups excluding carboxylic acids is 1. The van der Waals surface area contributed by atoms with Crippen molar-refractivity contribution in [2.24, 2.45) is 11.0 Å². The third-order valence-electron chi connectivity index (χ3n) is 3.77. The fourth-order valence-corrected chi connectivity index (χ4v) is 2.66. The first-order valence-corrected chi connectivity index (χ1v) is 6.49. The zero-order chi connectivity index (χ0) is 14.2. The van der Waals surface area contributed by atoms with Crippen LogP contribution in [0.2, 0.25) is 0 Å². The Balaban J connectivity index is 2.24. The first kappa shape index (κ1) is 14.3. The summed E-state index contributed by atoms with van der Waals surface area (Å²) in [7, 11) is 0. The van der Waals surface area contributed by atoms with E-state index in [1.54, 1.807) is 0 Å². The lowest BCUT2D eigenvalue weighted by molar-refractivity contribution is -0.136. The van der Waals surface area contributed by atoms with Crippen molar-refractivity contribution in [2.45, 2.75) is 57.3 Å². The van der Waals surface area contributed by atoms with Gasteiger partial charge in [0.15, 0.2) is 5.71 Å². The molecule has 1 aliphatic heterocycles. The molecule has 4 nitrogen and oxygen atoms in total. The number of halogens is 3. The van der Waals surface area contributed by atoms with Gasteiger partial charge >= 0.3 is 6.18 Å². The fraction of sp³-hybridized carbons (Fsp3) is 0.833. The van der Waals surface area contributed by atoms with Crippen molar-refractivity contribution in [1.29, 1.82) is 0 Å². The second kappa shape index (κ2) is 5.11. The molecule has 0 radical (unpaired) electrons. The van der Waals surface area contributed by atoms with Gasteiger partial charge in [-0.1, -0.05) is 19.3 Å². The van der Waals surface area contributed by atoms with Crippen molar-refractivity contribution in [3.63, 3.8) is 0 Å². The standard InChI is InChI=1S/C12H17F3N2O2/c1-7-10(12(13,14)15)16-17(11(7)19)8-5-3-2-4-6-9(8)18/h7-9,18H,2-6H2,1H3. The SMILES string of the molecule is CC1C(=O)N(C2CCCCCC2O)N=C1C(F)(F)F. The minimum absolute atomic E-state index is 0.494. The zero-order valence-electron chi connectivity index (χ0n) is 10.7. The van der Waals surface area contributed by atoms with E-state index in [2.05, 4.69) is 5.10 Å². The van der Waals surface area contributed by atoms with E-state index in [4.69, 9.17) is 0 Å². The van der Waals surface area contributed by atoms with Gasteiger partial charge in [-0.05, 0) is 19.8 Å². The van der Waals surface area contributed by atoms with Gasteiger partial charge in [0.25, 0.3) is 5.91 Å². The van der Waals surface area contributed by atoms with Crippen LogP contribution in [0.25, 0.3) is 0 Å². The monoisotopic (exact) mass is 278 g/mol. The van der Waals surface area contributed by atoms with Gasteiger partial charge in [0.2, 0.25) is 0 Å². The van der Waals surface area contributed by atoms with Gasteiger partial charge in [0, 0.05) is 0 Å². The van der Waals surface area contributed by atoms with E-state index in [1.165, 1.54) is 6.92 Å². The van der Waals surface area contributed by atoms with Gasteiger partial charge in [-0.25, -0.2) is 5.01 Å². The molecule has 2 rings (SSSR count). The van der Waals surface area contributed by atoms with E-state index >= 15 is 0 Å². The number of hydrazone groups is 1. The van der Waals surface area contributed by atoms with Crippen molar-refractivity contribution in [1.82, 2.24) is 5.01 Å². The van der Waals surface area contributed by atoms with Crippen LogP contribution in [-0.2, 0) is 4.79 Å². The molecular weight excluding hydrogens is 261 g/mol. The van der Waals surface area contributed by atoms with E-state index in [1.807, 2.05) is 0 Å². The summed E-state index contributed by atoms with van der Waals surface area (Å²) < 4.78 is 38.2. The maximum absolute atomic E-state index is 12.7. The van der Waals surface area contributed by atoms with E-state index < -0.39 is 35.9 Å². The minimum Gasteiger partial charge on any atom is -0.391 e. The smallest absolute Gasteiger partial charge is 0.391 e. The fourth-order valence-electron chi connectivity index (χ4n) is 2.66. The number of hydrogen-bond acceptors (Lipinski definition) is 3. The Morgan fingerprint density at radius 3 is 2.47 bits per heavy atom. The molecule has 1 saturated carbocycles. The number of carbonyl (C=O) groups is 1. The molecule has 1 fully saturated rings. The molecule has 3 unspecified atom stereocenters. The summed E-state index contributed by atoms with van der Waals surface area (Å²) in [5.74, 6) is -1.95. The molecule has 7 heteroatoms. The molecule has 1 amide bonds. The molecule has 1 heterocycles. The largest absolute Gasteiger partial charge is 0.431 e. The lowest BCUT2D eigenvalue weighted by atomic mass is 10.0. The van der Waals surface area contributed by atoms with Gasteiger partial charge in [0.1, 0.15) is 0 Å². The molecule has 1 aliphatic carbocycles. The lowest BCUT2D eigenvalue weighted by Gasteiger charge is -2.27. The van der Waals surface area contributed by atoms with Crippen LogP contribution in [0.15, 0.2) is 5.10 Å². The molecule has 0 spiro atoms. The van der Waals surface area contributed by atoms with Gasteiger partial charge in [-0.3, -0.25) is 4.79 Å². The second-order valence-corrected chi connectivity index (χ2v) is 5.16. The predicted molar refractivity (Wildman–Crippen MR) is 62.4 cm³/mol. The summed E-state index contributed by atoms with van der Waals surface area (Å²) in [4.78, 5) is 11.9. The van der Waals surface area contributed by atoms with Crippen LogP contribution in [0.1, 0.15) is 39.0 Å². The van der Waals surface area contributed by atoms with Crippen LogP contribution in [0, 0.1) is 5.92 Å². The summed E-state index contributed by atoms with van der Waals surface area (Å²) in [6.45, 7) is 1.21.